The van der Waals surface area contributed by atoms with Crippen molar-refractivity contribution in [3.8, 4) is 0 Å². The van der Waals surface area contributed by atoms with E-state index in [0.29, 0.717) is 19.0 Å². The van der Waals surface area contributed by atoms with E-state index in [1.54, 1.807) is 6.08 Å². The largest absolute Gasteiger partial charge is 0.381 e. The van der Waals surface area contributed by atoms with Crippen molar-refractivity contribution in [3.05, 3.63) is 53.6 Å². The summed E-state index contributed by atoms with van der Waals surface area (Å²) >= 11 is 0. The van der Waals surface area contributed by atoms with E-state index < -0.39 is 0 Å². The Hall–Kier alpha value is -2.47. The molecule has 0 N–H and O–H groups in total. The maximum Gasteiger partial charge on any atom is 0.247 e. The van der Waals surface area contributed by atoms with Crippen LogP contribution in [0.15, 0.2) is 36.4 Å². The van der Waals surface area contributed by atoms with Gasteiger partial charge in [-0.2, -0.15) is 0 Å². The van der Waals surface area contributed by atoms with Gasteiger partial charge in [-0.25, -0.2) is 0 Å². The lowest BCUT2D eigenvalue weighted by atomic mass is 9.99. The van der Waals surface area contributed by atoms with Gasteiger partial charge in [-0.05, 0) is 31.4 Å². The van der Waals surface area contributed by atoms with Gasteiger partial charge >= 0.3 is 0 Å². The minimum Gasteiger partial charge on any atom is -0.381 e. The van der Waals surface area contributed by atoms with Crippen molar-refractivity contribution < 1.29 is 9.53 Å². The van der Waals surface area contributed by atoms with Gasteiger partial charge in [0, 0.05) is 31.8 Å². The minimum atomic E-state index is 0.0163. The van der Waals surface area contributed by atoms with E-state index >= 15 is 0 Å². The second kappa shape index (κ2) is 7.41. The molecule has 136 valence electrons. The summed E-state index contributed by atoms with van der Waals surface area (Å²) in [6.07, 6.45) is 5.49. The Labute approximate surface area is 153 Å². The summed E-state index contributed by atoms with van der Waals surface area (Å²) in [5.74, 6) is 2.37. The van der Waals surface area contributed by atoms with Crippen molar-refractivity contribution in [1.82, 2.24) is 19.7 Å². The van der Waals surface area contributed by atoms with Crippen molar-refractivity contribution in [2.45, 2.75) is 38.3 Å². The van der Waals surface area contributed by atoms with Crippen LogP contribution in [0, 0.1) is 0 Å². The summed E-state index contributed by atoms with van der Waals surface area (Å²) in [6, 6.07) is 10.1. The minimum absolute atomic E-state index is 0.0163. The Morgan fingerprint density at radius 2 is 1.96 bits per heavy atom. The van der Waals surface area contributed by atoms with Crippen LogP contribution < -0.4 is 0 Å². The molecule has 0 unspecified atom stereocenters. The zero-order valence-corrected chi connectivity index (χ0v) is 15.0. The lowest BCUT2D eigenvalue weighted by Crippen LogP contribution is -2.40. The first-order valence-corrected chi connectivity index (χ1v) is 9.26. The van der Waals surface area contributed by atoms with Gasteiger partial charge in [0.2, 0.25) is 5.91 Å². The van der Waals surface area contributed by atoms with E-state index in [-0.39, 0.29) is 11.9 Å². The normalized spacial score (nSPS) is 21.1. The molecule has 0 spiro atoms. The fourth-order valence-corrected chi connectivity index (χ4v) is 3.80. The van der Waals surface area contributed by atoms with Crippen LogP contribution in [0.3, 0.4) is 0 Å². The number of ether oxygens (including phenoxy) is 1. The quantitative estimate of drug-likeness (QED) is 0.797. The molecule has 1 saturated heterocycles. The van der Waals surface area contributed by atoms with Crippen molar-refractivity contribution in [2.75, 3.05) is 19.8 Å². The average Bonchev–Trinajstić information content (AvgIpc) is 3.12. The molecule has 1 aromatic carbocycles. The first-order valence-electron chi connectivity index (χ1n) is 9.26. The van der Waals surface area contributed by atoms with Gasteiger partial charge in [-0.15, -0.1) is 10.2 Å². The third-order valence-corrected chi connectivity index (χ3v) is 5.17. The number of nitrogens with zero attached hydrogens (tertiary/aromatic N) is 4. The second-order valence-electron chi connectivity index (χ2n) is 7.04. The van der Waals surface area contributed by atoms with Gasteiger partial charge in [-0.3, -0.25) is 4.79 Å². The topological polar surface area (TPSA) is 60.3 Å². The number of aromatic nitrogens is 3. The van der Waals surface area contributed by atoms with E-state index in [2.05, 4.69) is 21.7 Å². The standard InChI is InChI=1S/C20H24N4O2/c1-15-13-23(19(25)8-7-16-5-3-2-4-6-16)14-18-21-22-20(24(15)18)17-9-11-26-12-10-17/h2-8,15,17H,9-14H2,1H3/b8-7+/t15-/m0/s1. The number of rotatable bonds is 3. The van der Waals surface area contributed by atoms with E-state index in [9.17, 15) is 4.79 Å². The van der Waals surface area contributed by atoms with Gasteiger partial charge in [0.1, 0.15) is 5.82 Å². The Balaban J connectivity index is 1.49. The SMILES string of the molecule is C[C@H]1CN(C(=O)/C=C/c2ccccc2)Cc2nnc(C3CCOCC3)n21. The number of benzene rings is 1. The molecular formula is C20H24N4O2. The number of fused-ring (bicyclic) bond motifs is 1. The zero-order chi connectivity index (χ0) is 17.9. The monoisotopic (exact) mass is 352 g/mol. The molecular weight excluding hydrogens is 328 g/mol. The van der Waals surface area contributed by atoms with E-state index in [0.717, 1.165) is 43.3 Å². The summed E-state index contributed by atoms with van der Waals surface area (Å²) in [5.41, 5.74) is 1.02. The highest BCUT2D eigenvalue weighted by atomic mass is 16.5. The number of carbonyl (C=O) groups excluding carboxylic acids is 1. The molecule has 0 bridgehead atoms. The zero-order valence-electron chi connectivity index (χ0n) is 15.0. The maximum atomic E-state index is 12.6. The Bertz CT molecular complexity index is 793. The molecule has 2 aliphatic rings. The fraction of sp³-hybridized carbons (Fsp3) is 0.450. The highest BCUT2D eigenvalue weighted by Gasteiger charge is 2.31. The number of amides is 1. The van der Waals surface area contributed by atoms with Crippen molar-refractivity contribution in [2.24, 2.45) is 0 Å². The van der Waals surface area contributed by atoms with E-state index in [4.69, 9.17) is 4.74 Å². The van der Waals surface area contributed by atoms with Crippen molar-refractivity contribution in [3.63, 3.8) is 0 Å². The Kier molecular flexibility index (Phi) is 4.84. The van der Waals surface area contributed by atoms with Crippen LogP contribution in [0.2, 0.25) is 0 Å². The summed E-state index contributed by atoms with van der Waals surface area (Å²) in [5, 5.41) is 8.85. The molecule has 0 aliphatic carbocycles. The van der Waals surface area contributed by atoms with Crippen molar-refractivity contribution >= 4 is 12.0 Å². The van der Waals surface area contributed by atoms with E-state index in [1.165, 1.54) is 0 Å². The van der Waals surface area contributed by atoms with Gasteiger partial charge in [-0.1, -0.05) is 30.3 Å². The summed E-state index contributed by atoms with van der Waals surface area (Å²) < 4.78 is 7.70. The molecule has 6 nitrogen and oxygen atoms in total. The third-order valence-electron chi connectivity index (χ3n) is 5.17. The van der Waals surface area contributed by atoms with Crippen LogP contribution in [0.25, 0.3) is 6.08 Å². The molecule has 6 heteroatoms. The highest BCUT2D eigenvalue weighted by molar-refractivity contribution is 5.91. The summed E-state index contributed by atoms with van der Waals surface area (Å²) in [7, 11) is 0. The molecule has 1 aromatic heterocycles. The van der Waals surface area contributed by atoms with E-state index in [1.807, 2.05) is 41.3 Å². The first-order chi connectivity index (χ1) is 12.7. The molecule has 2 aromatic rings. The van der Waals surface area contributed by atoms with Crippen LogP contribution in [0.5, 0.6) is 0 Å². The lowest BCUT2D eigenvalue weighted by Gasteiger charge is -2.33. The third kappa shape index (κ3) is 3.42. The number of carbonyl (C=O) groups is 1. The van der Waals surface area contributed by atoms with Crippen LogP contribution >= 0.6 is 0 Å². The molecule has 1 atom stereocenters. The maximum absolute atomic E-state index is 12.6. The first kappa shape index (κ1) is 17.0. The molecule has 3 heterocycles. The summed E-state index contributed by atoms with van der Waals surface area (Å²) in [4.78, 5) is 14.4. The number of hydrogen-bond acceptors (Lipinski definition) is 4. The lowest BCUT2D eigenvalue weighted by molar-refractivity contribution is -0.127. The fourth-order valence-electron chi connectivity index (χ4n) is 3.80. The van der Waals surface area contributed by atoms with Crippen molar-refractivity contribution in [1.29, 1.82) is 0 Å². The molecule has 0 radical (unpaired) electrons. The van der Waals surface area contributed by atoms with Crippen LogP contribution in [0.4, 0.5) is 0 Å². The molecule has 1 fully saturated rings. The summed E-state index contributed by atoms with van der Waals surface area (Å²) in [6.45, 7) is 4.90. The van der Waals surface area contributed by atoms with Crippen LogP contribution in [0.1, 0.15) is 48.9 Å². The second-order valence-corrected chi connectivity index (χ2v) is 7.04. The predicted molar refractivity (Wildman–Crippen MR) is 98.4 cm³/mol. The Morgan fingerprint density at radius 1 is 1.19 bits per heavy atom. The van der Waals surface area contributed by atoms with Gasteiger partial charge in [0.25, 0.3) is 0 Å². The predicted octanol–water partition coefficient (Wildman–Crippen LogP) is 2.79. The molecule has 4 rings (SSSR count). The molecule has 26 heavy (non-hydrogen) atoms. The Morgan fingerprint density at radius 3 is 2.73 bits per heavy atom. The molecule has 2 aliphatic heterocycles. The smallest absolute Gasteiger partial charge is 0.247 e. The highest BCUT2D eigenvalue weighted by Crippen LogP contribution is 2.30. The van der Waals surface area contributed by atoms with Gasteiger partial charge < -0.3 is 14.2 Å². The average molecular weight is 352 g/mol. The van der Waals surface area contributed by atoms with Gasteiger partial charge in [0.05, 0.1) is 12.6 Å². The number of hydrogen-bond donors (Lipinski definition) is 0. The van der Waals surface area contributed by atoms with Gasteiger partial charge in [0.15, 0.2) is 5.82 Å². The van der Waals surface area contributed by atoms with Crippen LogP contribution in [-0.4, -0.2) is 45.3 Å². The molecule has 1 amide bonds. The van der Waals surface area contributed by atoms with Crippen LogP contribution in [-0.2, 0) is 16.1 Å². The molecule has 0 saturated carbocycles.